The van der Waals surface area contributed by atoms with Gasteiger partial charge in [-0.3, -0.25) is 14.4 Å². The van der Waals surface area contributed by atoms with Crippen LogP contribution in [0.4, 0.5) is 4.39 Å². The second kappa shape index (κ2) is 16.4. The quantitative estimate of drug-likeness (QED) is 0.146. The lowest BCUT2D eigenvalue weighted by molar-refractivity contribution is -0.145. The molecule has 4 rings (SSSR count). The van der Waals surface area contributed by atoms with Crippen molar-refractivity contribution in [3.05, 3.63) is 35.0 Å². The van der Waals surface area contributed by atoms with Crippen molar-refractivity contribution < 1.29 is 36.4 Å². The Bertz CT molecular complexity index is 1750. The van der Waals surface area contributed by atoms with Crippen molar-refractivity contribution in [2.75, 3.05) is 18.9 Å². The zero-order chi connectivity index (χ0) is 39.6. The summed E-state index contributed by atoms with van der Waals surface area (Å²) in [6.45, 7) is 18.6. The van der Waals surface area contributed by atoms with Gasteiger partial charge in [-0.05, 0) is 74.2 Å². The van der Waals surface area contributed by atoms with Gasteiger partial charge in [-0.25, -0.2) is 22.9 Å². The van der Waals surface area contributed by atoms with Crippen LogP contribution in [0.25, 0.3) is 10.4 Å². The van der Waals surface area contributed by atoms with Gasteiger partial charge in [0.1, 0.15) is 17.8 Å². The molecule has 53 heavy (non-hydrogen) atoms. The number of carbonyl (C=O) groups excluding carboxylic acids is 3. The predicted octanol–water partition coefficient (Wildman–Crippen LogP) is 5.60. The van der Waals surface area contributed by atoms with E-state index in [1.54, 1.807) is 5.51 Å². The summed E-state index contributed by atoms with van der Waals surface area (Å²) in [7, 11) is -5.82. The Morgan fingerprint density at radius 3 is 2.38 bits per heavy atom. The van der Waals surface area contributed by atoms with Crippen molar-refractivity contribution >= 4 is 47.4 Å². The number of amides is 3. The number of aryl methyl sites for hydroxylation is 1. The fourth-order valence-corrected chi connectivity index (χ4v) is 8.77. The summed E-state index contributed by atoms with van der Waals surface area (Å²) < 4.78 is 50.3. The number of ether oxygens (including phenoxy) is 1. The summed E-state index contributed by atoms with van der Waals surface area (Å²) in [5.41, 5.74) is 1.57. The van der Waals surface area contributed by atoms with E-state index in [1.165, 1.54) is 16.2 Å². The van der Waals surface area contributed by atoms with E-state index in [9.17, 15) is 27.2 Å². The first-order chi connectivity index (χ1) is 24.4. The smallest absolute Gasteiger partial charge is 0.258 e. The summed E-state index contributed by atoms with van der Waals surface area (Å²) in [5.74, 6) is -1.15. The molecule has 1 aromatic carbocycles. The maximum Gasteiger partial charge on any atom is 0.258 e. The zero-order valence-electron chi connectivity index (χ0n) is 32.6. The number of nitrogens with two attached hydrogens (primary N) is 1. The molecule has 1 aromatic heterocycles. The van der Waals surface area contributed by atoms with E-state index < -0.39 is 59.4 Å². The summed E-state index contributed by atoms with van der Waals surface area (Å²) in [5, 5.41) is 10.7. The highest BCUT2D eigenvalue weighted by Gasteiger charge is 2.54. The number of unbranched alkanes of at least 4 members (excludes halogenated alkanes) is 2. The predicted molar refractivity (Wildman–Crippen MR) is 208 cm³/mol. The van der Waals surface area contributed by atoms with Gasteiger partial charge in [0.2, 0.25) is 21.8 Å². The number of sulfonamides is 1. The van der Waals surface area contributed by atoms with Gasteiger partial charge < -0.3 is 24.7 Å². The standard InChI is InChI=1S/C37H58FN5O7S2Si/c1-24-30(51-23-41-24)25-13-14-26(29(19-25)49-17-11-10-12-18-52(39,47)48)21-40-32(44)28-20-27(50-53(8,9)36(5,6)7)22-43(28)33(45)31(35(2,3)4)42-34(46)37(38)15-16-37/h13-14,19,23,27-28,31H,10-12,15-18,20-22H2,1-9H3,(H,40,44)(H,42,46)(H2,39,47,48)/t27-,28+,31-/m1/s1. The van der Waals surface area contributed by atoms with Crippen LogP contribution in [0.2, 0.25) is 18.1 Å². The number of hydrogen-bond acceptors (Lipinski definition) is 9. The molecule has 16 heteroatoms. The number of nitrogens with zero attached hydrogens (tertiary/aromatic N) is 2. The van der Waals surface area contributed by atoms with Crippen molar-refractivity contribution in [2.45, 2.75) is 136 Å². The number of alkyl halides is 1. The monoisotopic (exact) mass is 795 g/mol. The molecule has 1 aliphatic carbocycles. The summed E-state index contributed by atoms with van der Waals surface area (Å²) in [6, 6.07) is 3.81. The number of halogens is 1. The molecule has 2 heterocycles. The zero-order valence-corrected chi connectivity index (χ0v) is 35.3. The summed E-state index contributed by atoms with van der Waals surface area (Å²) in [4.78, 5) is 48.2. The lowest BCUT2D eigenvalue weighted by Gasteiger charge is -2.38. The third-order valence-electron chi connectivity index (χ3n) is 10.5. The van der Waals surface area contributed by atoms with Crippen LogP contribution in [0.3, 0.4) is 0 Å². The molecule has 1 saturated heterocycles. The molecule has 2 aliphatic rings. The van der Waals surface area contributed by atoms with Gasteiger partial charge in [0.15, 0.2) is 14.0 Å². The van der Waals surface area contributed by atoms with Crippen molar-refractivity contribution in [1.82, 2.24) is 20.5 Å². The van der Waals surface area contributed by atoms with Gasteiger partial charge >= 0.3 is 0 Å². The van der Waals surface area contributed by atoms with Crippen LogP contribution < -0.4 is 20.5 Å². The van der Waals surface area contributed by atoms with Crippen LogP contribution >= 0.6 is 11.3 Å². The number of likely N-dealkylation sites (tertiary alicyclic amines) is 1. The lowest BCUT2D eigenvalue weighted by atomic mass is 9.85. The highest BCUT2D eigenvalue weighted by Crippen LogP contribution is 2.41. The molecule has 3 atom stereocenters. The Kier molecular flexibility index (Phi) is 13.3. The highest BCUT2D eigenvalue weighted by molar-refractivity contribution is 7.89. The molecule has 0 bridgehead atoms. The third-order valence-corrected chi connectivity index (χ3v) is 16.8. The number of thiazole rings is 1. The SMILES string of the molecule is Cc1ncsc1-c1ccc(CNC(=O)[C@@H]2C[C@@H](O[Si](C)(C)C(C)(C)C)CN2C(=O)[C@@H](NC(=O)C2(F)CC2)C(C)(C)C)c(OCCCCCS(N)(=O)=O)c1. The van der Waals surface area contributed by atoms with Crippen molar-refractivity contribution in [1.29, 1.82) is 0 Å². The molecular weight excluding hydrogens is 738 g/mol. The molecule has 2 fully saturated rings. The van der Waals surface area contributed by atoms with Gasteiger partial charge in [0.25, 0.3) is 5.91 Å². The van der Waals surface area contributed by atoms with E-state index in [0.717, 1.165) is 21.7 Å². The molecule has 296 valence electrons. The minimum absolute atomic E-state index is 0.0909. The van der Waals surface area contributed by atoms with E-state index >= 15 is 0 Å². The molecule has 1 saturated carbocycles. The Morgan fingerprint density at radius 1 is 1.13 bits per heavy atom. The van der Waals surface area contributed by atoms with Crippen LogP contribution in [0.5, 0.6) is 5.75 Å². The number of hydrogen-bond donors (Lipinski definition) is 3. The lowest BCUT2D eigenvalue weighted by Crippen LogP contribution is -2.59. The van der Waals surface area contributed by atoms with E-state index in [1.807, 2.05) is 45.9 Å². The molecule has 0 radical (unpaired) electrons. The Labute approximate surface area is 319 Å². The normalized spacial score (nSPS) is 19.5. The van der Waals surface area contributed by atoms with E-state index in [4.69, 9.17) is 14.3 Å². The minimum Gasteiger partial charge on any atom is -0.493 e. The first-order valence-corrected chi connectivity index (χ1v) is 23.8. The highest BCUT2D eigenvalue weighted by atomic mass is 32.2. The summed E-state index contributed by atoms with van der Waals surface area (Å²) >= 11 is 1.51. The number of aromatic nitrogens is 1. The van der Waals surface area contributed by atoms with Gasteiger partial charge in [0, 0.05) is 25.1 Å². The van der Waals surface area contributed by atoms with Gasteiger partial charge in [-0.1, -0.05) is 53.7 Å². The molecule has 12 nitrogen and oxygen atoms in total. The number of primary sulfonamides is 1. The molecule has 3 amide bonds. The number of nitrogens with one attached hydrogen (secondary N) is 2. The fourth-order valence-electron chi connectivity index (χ4n) is 6.00. The molecule has 2 aromatic rings. The maximum absolute atomic E-state index is 14.8. The van der Waals surface area contributed by atoms with Gasteiger partial charge in [-0.15, -0.1) is 11.3 Å². The van der Waals surface area contributed by atoms with E-state index in [2.05, 4.69) is 49.5 Å². The van der Waals surface area contributed by atoms with Crippen molar-refractivity contribution in [3.63, 3.8) is 0 Å². The Hall–Kier alpha value is -2.92. The maximum atomic E-state index is 14.8. The van der Waals surface area contributed by atoms with Crippen LogP contribution in [-0.2, 0) is 35.4 Å². The molecule has 1 aliphatic heterocycles. The van der Waals surface area contributed by atoms with Crippen molar-refractivity contribution in [3.8, 4) is 16.2 Å². The average molecular weight is 796 g/mol. The summed E-state index contributed by atoms with van der Waals surface area (Å²) in [6.07, 6.45) is 1.76. The largest absolute Gasteiger partial charge is 0.493 e. The number of carbonyl (C=O) groups is 3. The Morgan fingerprint density at radius 2 is 1.81 bits per heavy atom. The second-order valence-corrected chi connectivity index (χ2v) is 24.4. The molecule has 0 unspecified atom stereocenters. The first kappa shape index (κ1) is 42.8. The third kappa shape index (κ3) is 11.3. The second-order valence-electron chi connectivity index (χ2n) is 17.1. The molecule has 4 N–H and O–H groups in total. The van der Waals surface area contributed by atoms with Crippen LogP contribution in [0.1, 0.15) is 91.3 Å². The topological polar surface area (TPSA) is 170 Å². The molecular formula is C37H58FN5O7S2Si. The Balaban J connectivity index is 1.56. The fraction of sp³-hybridized carbons (Fsp3) is 0.676. The average Bonchev–Trinajstić information content (AvgIpc) is 3.43. The van der Waals surface area contributed by atoms with E-state index in [-0.39, 0.29) is 49.1 Å². The number of rotatable bonds is 16. The first-order valence-electron chi connectivity index (χ1n) is 18.3. The van der Waals surface area contributed by atoms with Crippen LogP contribution in [0, 0.1) is 12.3 Å². The van der Waals surface area contributed by atoms with Crippen LogP contribution in [-0.4, -0.2) is 87.1 Å². The number of benzene rings is 1. The molecule has 0 spiro atoms. The van der Waals surface area contributed by atoms with Gasteiger partial charge in [-0.2, -0.15) is 0 Å². The minimum atomic E-state index is -3.53. The van der Waals surface area contributed by atoms with E-state index in [0.29, 0.717) is 31.6 Å². The van der Waals surface area contributed by atoms with Gasteiger partial charge in [0.05, 0.1) is 34.5 Å². The van der Waals surface area contributed by atoms with Crippen molar-refractivity contribution in [2.24, 2.45) is 10.6 Å². The van der Waals surface area contributed by atoms with Crippen LogP contribution in [0.15, 0.2) is 23.7 Å².